The number of aromatic nitrogens is 3. The molecule has 0 fully saturated rings. The number of benzene rings is 2. The van der Waals surface area contributed by atoms with Gasteiger partial charge in [-0.25, -0.2) is 4.68 Å². The zero-order chi connectivity index (χ0) is 23.8. The Balaban J connectivity index is 1.39. The fourth-order valence-corrected chi connectivity index (χ4v) is 4.83. The van der Waals surface area contributed by atoms with Gasteiger partial charge < -0.3 is 15.5 Å². The molecule has 2 N–H and O–H groups in total. The fourth-order valence-electron chi connectivity index (χ4n) is 3.99. The molecule has 0 bridgehead atoms. The number of nitrogens with zero attached hydrogens (tertiary/aromatic N) is 4. The Bertz CT molecular complexity index is 1140. The number of fused-ring (bicyclic) bond motifs is 1. The average molecular weight is 466 g/mol. The molecule has 2 heterocycles. The number of carbonyl (C=O) groups is 1. The van der Waals surface area contributed by atoms with Crippen molar-refractivity contribution in [1.29, 1.82) is 0 Å². The normalized spacial score (nSPS) is 16.5. The SMILES string of the molecule is CC(Sc1nnc(COc2ccc(C(C)(C)C)cc2)n1N)C(=O)N1c2ccccc2CC1C. The third kappa shape index (κ3) is 4.85. The van der Waals surface area contributed by atoms with Crippen LogP contribution in [0.3, 0.4) is 0 Å². The highest BCUT2D eigenvalue weighted by molar-refractivity contribution is 8.00. The molecule has 1 aliphatic heterocycles. The molecule has 2 atom stereocenters. The molecule has 0 saturated carbocycles. The van der Waals surface area contributed by atoms with Crippen molar-refractivity contribution in [2.75, 3.05) is 10.7 Å². The van der Waals surface area contributed by atoms with Gasteiger partial charge in [0.25, 0.3) is 0 Å². The zero-order valence-corrected chi connectivity index (χ0v) is 20.6. The smallest absolute Gasteiger partial charge is 0.240 e. The predicted molar refractivity (Wildman–Crippen MR) is 132 cm³/mol. The average Bonchev–Trinajstić information content (AvgIpc) is 3.30. The first-order chi connectivity index (χ1) is 15.6. The molecular formula is C25H31N5O2S. The molecule has 1 amide bonds. The van der Waals surface area contributed by atoms with E-state index in [1.807, 2.05) is 42.2 Å². The summed E-state index contributed by atoms with van der Waals surface area (Å²) in [7, 11) is 0. The van der Waals surface area contributed by atoms with E-state index in [0.717, 1.165) is 17.9 Å². The largest absolute Gasteiger partial charge is 0.486 e. The van der Waals surface area contributed by atoms with Gasteiger partial charge in [-0.15, -0.1) is 10.2 Å². The van der Waals surface area contributed by atoms with Gasteiger partial charge in [0.1, 0.15) is 12.4 Å². The molecule has 8 heteroatoms. The number of nitrogens with two attached hydrogens (primary N) is 1. The number of para-hydroxylation sites is 1. The van der Waals surface area contributed by atoms with E-state index in [0.29, 0.717) is 11.0 Å². The summed E-state index contributed by atoms with van der Waals surface area (Å²) in [6, 6.07) is 16.2. The maximum absolute atomic E-state index is 13.2. The van der Waals surface area contributed by atoms with E-state index in [9.17, 15) is 4.79 Å². The summed E-state index contributed by atoms with van der Waals surface area (Å²) >= 11 is 1.31. The number of hydrogen-bond donors (Lipinski definition) is 1. The minimum atomic E-state index is -0.358. The summed E-state index contributed by atoms with van der Waals surface area (Å²) in [4.78, 5) is 15.1. The van der Waals surface area contributed by atoms with Crippen molar-refractivity contribution in [2.45, 2.75) is 69.5 Å². The Morgan fingerprint density at radius 1 is 1.18 bits per heavy atom. The number of hydrogen-bond acceptors (Lipinski definition) is 6. The standard InChI is InChI=1S/C25H31N5O2S/c1-16-14-18-8-6-7-9-21(18)29(16)23(31)17(2)33-24-28-27-22(30(24)26)15-32-20-12-10-19(11-13-20)25(3,4)5/h6-13,16-17H,14-15,26H2,1-5H3. The van der Waals surface area contributed by atoms with Crippen molar-refractivity contribution in [3.05, 3.63) is 65.5 Å². The van der Waals surface area contributed by atoms with Crippen LogP contribution in [0, 0.1) is 0 Å². The molecule has 0 spiro atoms. The molecule has 4 rings (SSSR count). The first-order valence-electron chi connectivity index (χ1n) is 11.2. The highest BCUT2D eigenvalue weighted by Gasteiger charge is 2.34. The van der Waals surface area contributed by atoms with Crippen molar-refractivity contribution in [1.82, 2.24) is 14.9 Å². The van der Waals surface area contributed by atoms with Gasteiger partial charge >= 0.3 is 0 Å². The van der Waals surface area contributed by atoms with E-state index in [2.05, 4.69) is 56.1 Å². The van der Waals surface area contributed by atoms with Crippen LogP contribution in [0.2, 0.25) is 0 Å². The summed E-state index contributed by atoms with van der Waals surface area (Å²) in [6.07, 6.45) is 0.866. The van der Waals surface area contributed by atoms with Crippen molar-refractivity contribution in [2.24, 2.45) is 0 Å². The van der Waals surface area contributed by atoms with Gasteiger partial charge in [0.15, 0.2) is 5.82 Å². The minimum Gasteiger partial charge on any atom is -0.486 e. The van der Waals surface area contributed by atoms with Crippen LogP contribution in [-0.2, 0) is 23.2 Å². The van der Waals surface area contributed by atoms with Crippen molar-refractivity contribution < 1.29 is 9.53 Å². The Kier molecular flexibility index (Phi) is 6.38. The molecule has 0 saturated heterocycles. The highest BCUT2D eigenvalue weighted by atomic mass is 32.2. The van der Waals surface area contributed by atoms with Crippen molar-refractivity contribution in [3.63, 3.8) is 0 Å². The Morgan fingerprint density at radius 3 is 2.58 bits per heavy atom. The summed E-state index contributed by atoms with van der Waals surface area (Å²) in [6.45, 7) is 10.7. The van der Waals surface area contributed by atoms with Gasteiger partial charge in [0.05, 0.1) is 5.25 Å². The molecule has 174 valence electrons. The van der Waals surface area contributed by atoms with Crippen LogP contribution in [0.25, 0.3) is 0 Å². The lowest BCUT2D eigenvalue weighted by molar-refractivity contribution is -0.118. The van der Waals surface area contributed by atoms with Crippen LogP contribution in [0.1, 0.15) is 51.6 Å². The quantitative estimate of drug-likeness (QED) is 0.431. The monoisotopic (exact) mass is 465 g/mol. The van der Waals surface area contributed by atoms with Crippen molar-refractivity contribution in [3.8, 4) is 5.75 Å². The summed E-state index contributed by atoms with van der Waals surface area (Å²) in [5, 5.41) is 8.48. The van der Waals surface area contributed by atoms with E-state index >= 15 is 0 Å². The number of carbonyl (C=O) groups excluding carboxylic acids is 1. The van der Waals surface area contributed by atoms with E-state index in [1.54, 1.807) is 0 Å². The van der Waals surface area contributed by atoms with Gasteiger partial charge in [-0.05, 0) is 55.0 Å². The number of ether oxygens (including phenoxy) is 1. The first kappa shape index (κ1) is 23.2. The fraction of sp³-hybridized carbons (Fsp3) is 0.400. The lowest BCUT2D eigenvalue weighted by Crippen LogP contribution is -2.40. The molecule has 7 nitrogen and oxygen atoms in total. The number of anilines is 1. The minimum absolute atomic E-state index is 0.0391. The van der Waals surface area contributed by atoms with Crippen LogP contribution >= 0.6 is 11.8 Å². The molecule has 3 aromatic rings. The molecule has 33 heavy (non-hydrogen) atoms. The molecule has 1 aromatic heterocycles. The maximum atomic E-state index is 13.2. The first-order valence-corrected chi connectivity index (χ1v) is 12.0. The van der Waals surface area contributed by atoms with E-state index < -0.39 is 0 Å². The number of nitrogen functional groups attached to an aromatic ring is 1. The second-order valence-corrected chi connectivity index (χ2v) is 10.8. The molecule has 1 aliphatic rings. The topological polar surface area (TPSA) is 86.3 Å². The van der Waals surface area contributed by atoms with E-state index in [4.69, 9.17) is 10.6 Å². The van der Waals surface area contributed by atoms with Crippen LogP contribution in [-0.4, -0.2) is 32.1 Å². The Morgan fingerprint density at radius 2 is 1.88 bits per heavy atom. The highest BCUT2D eigenvalue weighted by Crippen LogP contribution is 2.34. The molecular weight excluding hydrogens is 434 g/mol. The third-order valence-electron chi connectivity index (χ3n) is 5.90. The lowest BCUT2D eigenvalue weighted by Gasteiger charge is -2.25. The van der Waals surface area contributed by atoms with Gasteiger partial charge in [-0.2, -0.15) is 0 Å². The maximum Gasteiger partial charge on any atom is 0.240 e. The van der Waals surface area contributed by atoms with Gasteiger partial charge in [0.2, 0.25) is 11.1 Å². The van der Waals surface area contributed by atoms with E-state index in [1.165, 1.54) is 27.6 Å². The Hall–Kier alpha value is -3.00. The zero-order valence-electron chi connectivity index (χ0n) is 19.8. The van der Waals surface area contributed by atoms with Gasteiger partial charge in [-0.3, -0.25) is 4.79 Å². The third-order valence-corrected chi connectivity index (χ3v) is 6.94. The lowest BCUT2D eigenvalue weighted by atomic mass is 9.87. The number of thioether (sulfide) groups is 1. The van der Waals surface area contributed by atoms with Gasteiger partial charge in [0, 0.05) is 11.7 Å². The van der Waals surface area contributed by atoms with Crippen molar-refractivity contribution >= 4 is 23.4 Å². The predicted octanol–water partition coefficient (Wildman–Crippen LogP) is 4.33. The van der Waals surface area contributed by atoms with E-state index in [-0.39, 0.29) is 29.2 Å². The van der Waals surface area contributed by atoms with Crippen LogP contribution < -0.4 is 15.5 Å². The summed E-state index contributed by atoms with van der Waals surface area (Å²) in [5.41, 5.74) is 3.52. The second-order valence-electron chi connectivity index (χ2n) is 9.48. The molecule has 2 unspecified atom stereocenters. The van der Waals surface area contributed by atoms with Crippen LogP contribution in [0.5, 0.6) is 5.75 Å². The number of amides is 1. The number of rotatable bonds is 6. The van der Waals surface area contributed by atoms with Gasteiger partial charge in [-0.1, -0.05) is 62.9 Å². The molecule has 0 aliphatic carbocycles. The summed E-state index contributed by atoms with van der Waals surface area (Å²) in [5.74, 6) is 7.50. The molecule has 0 radical (unpaired) electrons. The molecule has 2 aromatic carbocycles. The summed E-state index contributed by atoms with van der Waals surface area (Å²) < 4.78 is 7.26. The van der Waals surface area contributed by atoms with Crippen LogP contribution in [0.15, 0.2) is 53.7 Å². The Labute approximate surface area is 199 Å². The second kappa shape index (κ2) is 9.09. The van der Waals surface area contributed by atoms with Crippen LogP contribution in [0.4, 0.5) is 5.69 Å².